The van der Waals surface area contributed by atoms with E-state index in [1.807, 2.05) is 21.9 Å². The number of ether oxygens (including phenoxy) is 2. The van der Waals surface area contributed by atoms with Gasteiger partial charge in [-0.25, -0.2) is 0 Å². The highest BCUT2D eigenvalue weighted by Crippen LogP contribution is 2.39. The fraction of sp³-hybridized carbons (Fsp3) is 0.619. The third-order valence-corrected chi connectivity index (χ3v) is 6.27. The van der Waals surface area contributed by atoms with E-state index in [9.17, 15) is 9.59 Å². The summed E-state index contributed by atoms with van der Waals surface area (Å²) in [7, 11) is 1.61. The van der Waals surface area contributed by atoms with Crippen molar-refractivity contribution in [3.63, 3.8) is 0 Å². The van der Waals surface area contributed by atoms with Crippen LogP contribution in [-0.2, 0) is 4.79 Å². The van der Waals surface area contributed by atoms with Crippen molar-refractivity contribution in [2.24, 2.45) is 5.92 Å². The Balaban J connectivity index is 1.51. The summed E-state index contributed by atoms with van der Waals surface area (Å²) in [5, 5.41) is 0. The van der Waals surface area contributed by atoms with Gasteiger partial charge in [0.2, 0.25) is 5.91 Å². The highest BCUT2D eigenvalue weighted by atomic mass is 16.5. The van der Waals surface area contributed by atoms with Gasteiger partial charge in [0.25, 0.3) is 5.91 Å². The first-order valence-electron chi connectivity index (χ1n) is 9.96. The normalized spacial score (nSPS) is 25.0. The second-order valence-corrected chi connectivity index (χ2v) is 7.98. The van der Waals surface area contributed by atoms with Gasteiger partial charge >= 0.3 is 0 Å². The molecule has 2 amide bonds. The molecule has 3 fully saturated rings. The van der Waals surface area contributed by atoms with Crippen LogP contribution in [0.4, 0.5) is 0 Å². The summed E-state index contributed by atoms with van der Waals surface area (Å²) in [6, 6.07) is 5.86. The average Bonchev–Trinajstić information content (AvgIpc) is 3.32. The second-order valence-electron chi connectivity index (χ2n) is 7.98. The van der Waals surface area contributed by atoms with Crippen molar-refractivity contribution >= 4 is 11.8 Å². The van der Waals surface area contributed by atoms with E-state index in [4.69, 9.17) is 9.47 Å². The molecule has 1 aliphatic carbocycles. The number of benzene rings is 1. The number of piperidine rings is 2. The first kappa shape index (κ1) is 18.1. The molecule has 4 rings (SSSR count). The summed E-state index contributed by atoms with van der Waals surface area (Å²) in [6.45, 7) is 3.87. The summed E-state index contributed by atoms with van der Waals surface area (Å²) < 4.78 is 11.6. The van der Waals surface area contributed by atoms with Crippen molar-refractivity contribution in [2.75, 3.05) is 26.7 Å². The van der Waals surface area contributed by atoms with Gasteiger partial charge in [-0.1, -0.05) is 0 Å². The number of hydrogen-bond acceptors (Lipinski definition) is 4. The molecule has 0 N–H and O–H groups in total. The van der Waals surface area contributed by atoms with Crippen molar-refractivity contribution in [1.29, 1.82) is 0 Å². The molecule has 2 atom stereocenters. The van der Waals surface area contributed by atoms with E-state index >= 15 is 0 Å². The van der Waals surface area contributed by atoms with Gasteiger partial charge in [-0.3, -0.25) is 9.59 Å². The zero-order chi connectivity index (χ0) is 19.0. The third-order valence-electron chi connectivity index (χ3n) is 6.27. The predicted octanol–water partition coefficient (Wildman–Crippen LogP) is 2.71. The number of carbonyl (C=O) groups is 2. The largest absolute Gasteiger partial charge is 0.497 e. The van der Waals surface area contributed by atoms with Crippen molar-refractivity contribution < 1.29 is 19.1 Å². The Morgan fingerprint density at radius 1 is 1.11 bits per heavy atom. The standard InChI is InChI=1S/C21H28N2O4/c1-14(24)22-9-7-17(8-10-22)27-20-6-5-18(26-2)12-19(20)21(25)23-13-15-3-4-16(23)11-15/h5-6,12,15-17H,3-4,7-11,13H2,1-2H3. The third kappa shape index (κ3) is 3.62. The zero-order valence-electron chi connectivity index (χ0n) is 16.1. The van der Waals surface area contributed by atoms with Crippen molar-refractivity contribution in [2.45, 2.75) is 51.2 Å². The summed E-state index contributed by atoms with van der Waals surface area (Å²) in [5.74, 6) is 2.12. The highest BCUT2D eigenvalue weighted by molar-refractivity contribution is 5.98. The van der Waals surface area contributed by atoms with Crippen LogP contribution < -0.4 is 9.47 Å². The minimum absolute atomic E-state index is 0.0237. The van der Waals surface area contributed by atoms with Crippen LogP contribution in [0, 0.1) is 5.92 Å². The molecular weight excluding hydrogens is 344 g/mol. The van der Waals surface area contributed by atoms with Crippen LogP contribution in [0.15, 0.2) is 18.2 Å². The van der Waals surface area contributed by atoms with Gasteiger partial charge < -0.3 is 19.3 Å². The van der Waals surface area contributed by atoms with Gasteiger partial charge in [-0.05, 0) is 43.4 Å². The van der Waals surface area contributed by atoms with Crippen LogP contribution in [-0.4, -0.2) is 60.5 Å². The monoisotopic (exact) mass is 372 g/mol. The molecule has 6 heteroatoms. The van der Waals surface area contributed by atoms with Crippen molar-refractivity contribution in [3.8, 4) is 11.5 Å². The number of fused-ring (bicyclic) bond motifs is 2. The quantitative estimate of drug-likeness (QED) is 0.815. The molecule has 2 bridgehead atoms. The maximum Gasteiger partial charge on any atom is 0.258 e. The summed E-state index contributed by atoms with van der Waals surface area (Å²) >= 11 is 0. The molecule has 2 aliphatic heterocycles. The molecule has 27 heavy (non-hydrogen) atoms. The van der Waals surface area contributed by atoms with E-state index in [1.165, 1.54) is 6.42 Å². The summed E-state index contributed by atoms with van der Waals surface area (Å²) in [6.07, 6.45) is 5.08. The molecular formula is C21H28N2O4. The Morgan fingerprint density at radius 2 is 1.89 bits per heavy atom. The van der Waals surface area contributed by atoms with Crippen LogP contribution in [0.3, 0.4) is 0 Å². The molecule has 6 nitrogen and oxygen atoms in total. The van der Waals surface area contributed by atoms with E-state index in [0.29, 0.717) is 42.1 Å². The number of amides is 2. The number of nitrogens with zero attached hydrogens (tertiary/aromatic N) is 2. The molecule has 0 spiro atoms. The van der Waals surface area contributed by atoms with Gasteiger partial charge in [-0.2, -0.15) is 0 Å². The molecule has 1 aromatic rings. The number of likely N-dealkylation sites (tertiary alicyclic amines) is 2. The van der Waals surface area contributed by atoms with Gasteiger partial charge in [0.15, 0.2) is 0 Å². The van der Waals surface area contributed by atoms with E-state index in [1.54, 1.807) is 20.1 Å². The Hall–Kier alpha value is -2.24. The lowest BCUT2D eigenvalue weighted by molar-refractivity contribution is -0.130. The first-order chi connectivity index (χ1) is 13.0. The molecule has 1 aromatic carbocycles. The molecule has 0 aromatic heterocycles. The Morgan fingerprint density at radius 3 is 2.48 bits per heavy atom. The number of hydrogen-bond donors (Lipinski definition) is 0. The topological polar surface area (TPSA) is 59.1 Å². The van der Waals surface area contributed by atoms with Crippen LogP contribution in [0.1, 0.15) is 49.4 Å². The molecule has 146 valence electrons. The lowest BCUT2D eigenvalue weighted by Gasteiger charge is -2.32. The summed E-state index contributed by atoms with van der Waals surface area (Å²) in [5.41, 5.74) is 0.593. The molecule has 2 unspecified atom stereocenters. The van der Waals surface area contributed by atoms with E-state index < -0.39 is 0 Å². The smallest absolute Gasteiger partial charge is 0.258 e. The maximum absolute atomic E-state index is 13.2. The van der Waals surface area contributed by atoms with E-state index in [2.05, 4.69) is 0 Å². The highest BCUT2D eigenvalue weighted by Gasteiger charge is 2.41. The van der Waals surface area contributed by atoms with Gasteiger partial charge in [0.1, 0.15) is 17.6 Å². The Kier molecular flexibility index (Phi) is 4.98. The van der Waals surface area contributed by atoms with Crippen LogP contribution in [0.25, 0.3) is 0 Å². The SMILES string of the molecule is COc1ccc(OC2CCN(C(C)=O)CC2)c(C(=O)N2CC3CCC2C3)c1. The second kappa shape index (κ2) is 7.41. The van der Waals surface area contributed by atoms with Crippen LogP contribution >= 0.6 is 0 Å². The van der Waals surface area contributed by atoms with Crippen molar-refractivity contribution in [1.82, 2.24) is 9.80 Å². The van der Waals surface area contributed by atoms with Gasteiger partial charge in [0.05, 0.1) is 12.7 Å². The minimum atomic E-state index is 0.0237. The van der Waals surface area contributed by atoms with Crippen LogP contribution in [0.5, 0.6) is 11.5 Å². The van der Waals surface area contributed by atoms with E-state index in [0.717, 1.165) is 32.2 Å². The van der Waals surface area contributed by atoms with Gasteiger partial charge in [0, 0.05) is 45.4 Å². The number of rotatable bonds is 4. The van der Waals surface area contributed by atoms with Gasteiger partial charge in [-0.15, -0.1) is 0 Å². The van der Waals surface area contributed by atoms with E-state index in [-0.39, 0.29) is 17.9 Å². The minimum Gasteiger partial charge on any atom is -0.497 e. The Labute approximate surface area is 160 Å². The molecule has 2 heterocycles. The predicted molar refractivity (Wildman–Crippen MR) is 101 cm³/mol. The fourth-order valence-corrected chi connectivity index (χ4v) is 4.70. The fourth-order valence-electron chi connectivity index (χ4n) is 4.70. The Bertz CT molecular complexity index is 727. The average molecular weight is 372 g/mol. The molecule has 0 radical (unpaired) electrons. The lowest BCUT2D eigenvalue weighted by Crippen LogP contribution is -2.41. The van der Waals surface area contributed by atoms with Crippen molar-refractivity contribution in [3.05, 3.63) is 23.8 Å². The number of methoxy groups -OCH3 is 1. The first-order valence-corrected chi connectivity index (χ1v) is 9.96. The number of carbonyl (C=O) groups excluding carboxylic acids is 2. The molecule has 3 aliphatic rings. The molecule has 2 saturated heterocycles. The zero-order valence-corrected chi connectivity index (χ0v) is 16.1. The maximum atomic E-state index is 13.2. The molecule has 1 saturated carbocycles. The summed E-state index contributed by atoms with van der Waals surface area (Å²) in [4.78, 5) is 28.6. The van der Waals surface area contributed by atoms with Crippen LogP contribution in [0.2, 0.25) is 0 Å². The lowest BCUT2D eigenvalue weighted by atomic mass is 10.1.